The highest BCUT2D eigenvalue weighted by Crippen LogP contribution is 2.17. The van der Waals surface area contributed by atoms with Gasteiger partial charge in [0, 0.05) is 25.0 Å². The van der Waals surface area contributed by atoms with Gasteiger partial charge in [0.1, 0.15) is 0 Å². The van der Waals surface area contributed by atoms with Crippen LogP contribution in [0, 0.1) is 5.92 Å². The molecule has 2 heterocycles. The Morgan fingerprint density at radius 3 is 2.28 bits per heavy atom. The van der Waals surface area contributed by atoms with Crippen LogP contribution in [0.3, 0.4) is 0 Å². The highest BCUT2D eigenvalue weighted by atomic mass is 16.5. The van der Waals surface area contributed by atoms with Gasteiger partial charge in [-0.25, -0.2) is 9.48 Å². The number of carbonyl (C=O) groups is 2. The Bertz CT molecular complexity index is 943. The van der Waals surface area contributed by atoms with E-state index < -0.39 is 12.1 Å². The normalized spacial score (nSPS) is 15.9. The number of ether oxygens (including phenoxy) is 1. The molecule has 7 nitrogen and oxygen atoms in total. The Hall–Kier alpha value is -2.70. The molecule has 0 aliphatic carbocycles. The molecule has 156 valence electrons. The summed E-state index contributed by atoms with van der Waals surface area (Å²) in [5, 5.41) is 5.14. The van der Waals surface area contributed by atoms with E-state index in [-0.39, 0.29) is 23.1 Å². The molecule has 0 saturated carbocycles. The molecular formula is C22H29N3O4. The molecule has 0 spiro atoms. The third-order valence-electron chi connectivity index (χ3n) is 5.15. The van der Waals surface area contributed by atoms with E-state index in [1.165, 1.54) is 4.68 Å². The molecule has 1 amide bonds. The molecule has 0 radical (unpaired) electrons. The number of amides is 1. The van der Waals surface area contributed by atoms with E-state index in [2.05, 4.69) is 5.10 Å². The van der Waals surface area contributed by atoms with Crippen molar-refractivity contribution in [2.75, 3.05) is 13.1 Å². The molecule has 29 heavy (non-hydrogen) atoms. The van der Waals surface area contributed by atoms with Gasteiger partial charge in [0.15, 0.2) is 11.8 Å². The molecule has 7 heteroatoms. The minimum absolute atomic E-state index is 0.0661. The fourth-order valence-electron chi connectivity index (χ4n) is 3.67. The lowest BCUT2D eigenvalue weighted by atomic mass is 10.1. The van der Waals surface area contributed by atoms with E-state index in [4.69, 9.17) is 4.74 Å². The zero-order chi connectivity index (χ0) is 21.0. The summed E-state index contributed by atoms with van der Waals surface area (Å²) in [5.41, 5.74) is -0.170. The summed E-state index contributed by atoms with van der Waals surface area (Å²) in [6.07, 6.45) is 3.28. The van der Waals surface area contributed by atoms with Crippen molar-refractivity contribution in [2.45, 2.75) is 59.1 Å². The number of nitrogens with zero attached hydrogens (tertiary/aromatic N) is 3. The Morgan fingerprint density at radius 1 is 1.03 bits per heavy atom. The van der Waals surface area contributed by atoms with Gasteiger partial charge in [-0.2, -0.15) is 5.10 Å². The van der Waals surface area contributed by atoms with Gasteiger partial charge >= 0.3 is 5.97 Å². The molecule has 3 rings (SSSR count). The standard InChI is InChI=1S/C22H29N3O4/c1-15(2)14-25-21(27)18-11-7-6-10-17(18)19(23-25)22(28)29-16(3)20(26)24-12-8-4-5-9-13-24/h6-7,10-11,15-16H,4-5,8-9,12-14H2,1-3H3/t16-/m0/s1. The van der Waals surface area contributed by atoms with Crippen LogP contribution in [-0.4, -0.2) is 45.8 Å². The van der Waals surface area contributed by atoms with E-state index in [0.717, 1.165) is 25.7 Å². The van der Waals surface area contributed by atoms with E-state index >= 15 is 0 Å². The molecule has 1 atom stereocenters. The maximum atomic E-state index is 12.9. The topological polar surface area (TPSA) is 81.5 Å². The molecule has 1 aromatic carbocycles. The number of hydrogen-bond donors (Lipinski definition) is 0. The third-order valence-corrected chi connectivity index (χ3v) is 5.15. The first-order valence-corrected chi connectivity index (χ1v) is 10.4. The molecule has 0 N–H and O–H groups in total. The summed E-state index contributed by atoms with van der Waals surface area (Å²) in [6, 6.07) is 6.86. The number of fused-ring (bicyclic) bond motifs is 1. The summed E-state index contributed by atoms with van der Waals surface area (Å²) < 4.78 is 6.80. The molecule has 1 fully saturated rings. The first kappa shape index (κ1) is 21.0. The quantitative estimate of drug-likeness (QED) is 0.722. The Labute approximate surface area is 170 Å². The lowest BCUT2D eigenvalue weighted by Gasteiger charge is -2.24. The molecular weight excluding hydrogens is 370 g/mol. The van der Waals surface area contributed by atoms with Crippen LogP contribution in [0.5, 0.6) is 0 Å². The smallest absolute Gasteiger partial charge is 0.360 e. The van der Waals surface area contributed by atoms with Crippen LogP contribution in [0.2, 0.25) is 0 Å². The highest BCUT2D eigenvalue weighted by molar-refractivity contribution is 6.02. The summed E-state index contributed by atoms with van der Waals surface area (Å²) >= 11 is 0. The summed E-state index contributed by atoms with van der Waals surface area (Å²) in [5.74, 6) is -0.678. The number of carbonyl (C=O) groups excluding carboxylic acids is 2. The van der Waals surface area contributed by atoms with Crippen molar-refractivity contribution in [3.05, 3.63) is 40.3 Å². The second kappa shape index (κ2) is 9.20. The van der Waals surface area contributed by atoms with Gasteiger partial charge in [-0.05, 0) is 31.7 Å². The molecule has 1 aromatic heterocycles. The number of aromatic nitrogens is 2. The van der Waals surface area contributed by atoms with E-state index in [1.807, 2.05) is 13.8 Å². The molecule has 1 aliphatic heterocycles. The predicted molar refractivity (Wildman–Crippen MR) is 111 cm³/mol. The number of rotatable bonds is 5. The summed E-state index contributed by atoms with van der Waals surface area (Å²) in [7, 11) is 0. The van der Waals surface area contributed by atoms with Gasteiger partial charge in [-0.15, -0.1) is 0 Å². The monoisotopic (exact) mass is 399 g/mol. The van der Waals surface area contributed by atoms with Crippen LogP contribution in [0.4, 0.5) is 0 Å². The molecule has 2 aromatic rings. The van der Waals surface area contributed by atoms with Crippen molar-refractivity contribution in [1.29, 1.82) is 0 Å². The molecule has 0 unspecified atom stereocenters. The zero-order valence-corrected chi connectivity index (χ0v) is 17.4. The van der Waals surface area contributed by atoms with Gasteiger partial charge < -0.3 is 9.64 Å². The number of benzene rings is 1. The first-order chi connectivity index (χ1) is 13.9. The van der Waals surface area contributed by atoms with Crippen LogP contribution in [0.15, 0.2) is 29.1 Å². The van der Waals surface area contributed by atoms with Crippen molar-refractivity contribution < 1.29 is 14.3 Å². The van der Waals surface area contributed by atoms with E-state index in [0.29, 0.717) is 30.4 Å². The van der Waals surface area contributed by atoms with Crippen LogP contribution in [0.25, 0.3) is 10.8 Å². The number of hydrogen-bond acceptors (Lipinski definition) is 5. The predicted octanol–water partition coefficient (Wildman–Crippen LogP) is 3.00. The van der Waals surface area contributed by atoms with Gasteiger partial charge in [-0.3, -0.25) is 9.59 Å². The number of likely N-dealkylation sites (tertiary alicyclic amines) is 1. The lowest BCUT2D eigenvalue weighted by molar-refractivity contribution is -0.139. The van der Waals surface area contributed by atoms with Crippen molar-refractivity contribution >= 4 is 22.6 Å². The van der Waals surface area contributed by atoms with Gasteiger partial charge in [0.25, 0.3) is 11.5 Å². The van der Waals surface area contributed by atoms with E-state index in [1.54, 1.807) is 36.1 Å². The summed E-state index contributed by atoms with van der Waals surface area (Å²) in [4.78, 5) is 40.1. The average Bonchev–Trinajstić information content (AvgIpc) is 2.98. The van der Waals surface area contributed by atoms with Crippen molar-refractivity contribution in [1.82, 2.24) is 14.7 Å². The lowest BCUT2D eigenvalue weighted by Crippen LogP contribution is -2.40. The maximum absolute atomic E-state index is 12.9. The van der Waals surface area contributed by atoms with Crippen LogP contribution < -0.4 is 5.56 Å². The number of esters is 1. The van der Waals surface area contributed by atoms with Gasteiger partial charge in [0.05, 0.1) is 5.39 Å². The van der Waals surface area contributed by atoms with Crippen LogP contribution in [-0.2, 0) is 16.1 Å². The largest absolute Gasteiger partial charge is 0.448 e. The fraction of sp³-hybridized carbons (Fsp3) is 0.545. The Kier molecular flexibility index (Phi) is 6.67. The highest BCUT2D eigenvalue weighted by Gasteiger charge is 2.27. The minimum Gasteiger partial charge on any atom is -0.448 e. The molecule has 0 bridgehead atoms. The SMILES string of the molecule is CC(C)Cn1nc(C(=O)O[C@@H](C)C(=O)N2CCCCCC2)c2ccccc2c1=O. The molecule has 1 aliphatic rings. The third kappa shape index (κ3) is 4.83. The Balaban J connectivity index is 1.87. The van der Waals surface area contributed by atoms with Gasteiger partial charge in [-0.1, -0.05) is 44.9 Å². The maximum Gasteiger partial charge on any atom is 0.360 e. The first-order valence-electron chi connectivity index (χ1n) is 10.4. The van der Waals surface area contributed by atoms with Crippen molar-refractivity contribution in [2.24, 2.45) is 5.92 Å². The molecule has 1 saturated heterocycles. The van der Waals surface area contributed by atoms with Crippen LogP contribution >= 0.6 is 0 Å². The van der Waals surface area contributed by atoms with Gasteiger partial charge in [0.2, 0.25) is 0 Å². The Morgan fingerprint density at radius 2 is 1.66 bits per heavy atom. The second-order valence-corrected chi connectivity index (χ2v) is 8.06. The minimum atomic E-state index is -0.897. The van der Waals surface area contributed by atoms with Crippen molar-refractivity contribution in [3.63, 3.8) is 0 Å². The van der Waals surface area contributed by atoms with Crippen LogP contribution in [0.1, 0.15) is 56.9 Å². The average molecular weight is 399 g/mol. The fourth-order valence-corrected chi connectivity index (χ4v) is 3.67. The van der Waals surface area contributed by atoms with E-state index in [9.17, 15) is 14.4 Å². The summed E-state index contributed by atoms with van der Waals surface area (Å²) in [6.45, 7) is 7.33. The second-order valence-electron chi connectivity index (χ2n) is 8.06. The zero-order valence-electron chi connectivity index (χ0n) is 17.4. The van der Waals surface area contributed by atoms with Crippen molar-refractivity contribution in [3.8, 4) is 0 Å².